The van der Waals surface area contributed by atoms with Crippen molar-refractivity contribution < 1.29 is 8.78 Å². The Kier molecular flexibility index (Phi) is 3.53. The second-order valence-electron chi connectivity index (χ2n) is 5.36. The summed E-state index contributed by atoms with van der Waals surface area (Å²) >= 11 is 0. The Morgan fingerprint density at radius 3 is 2.80 bits per heavy atom. The third kappa shape index (κ3) is 2.58. The predicted octanol–water partition coefficient (Wildman–Crippen LogP) is 3.56. The molecular weight excluding hydrogens is 260 g/mol. The normalized spacial score (nSPS) is 22.9. The zero-order chi connectivity index (χ0) is 14.1. The summed E-state index contributed by atoms with van der Waals surface area (Å²) < 4.78 is 26.2. The van der Waals surface area contributed by atoms with E-state index in [1.165, 1.54) is 18.9 Å². The fourth-order valence-electron chi connectivity index (χ4n) is 2.68. The summed E-state index contributed by atoms with van der Waals surface area (Å²) in [7, 11) is 0. The maximum atomic E-state index is 13.3. The van der Waals surface area contributed by atoms with E-state index in [1.54, 1.807) is 12.3 Å². The van der Waals surface area contributed by atoms with Gasteiger partial charge < -0.3 is 10.3 Å². The third-order valence-corrected chi connectivity index (χ3v) is 3.77. The van der Waals surface area contributed by atoms with E-state index in [2.05, 4.69) is 22.2 Å². The van der Waals surface area contributed by atoms with E-state index in [-0.39, 0.29) is 6.04 Å². The van der Waals surface area contributed by atoms with Crippen LogP contribution in [0.25, 0.3) is 11.3 Å². The molecule has 0 amide bonds. The van der Waals surface area contributed by atoms with Gasteiger partial charge >= 0.3 is 0 Å². The number of piperidine rings is 1. The number of aromatic nitrogens is 2. The summed E-state index contributed by atoms with van der Waals surface area (Å²) in [5, 5.41) is 3.49. The van der Waals surface area contributed by atoms with Gasteiger partial charge in [0.2, 0.25) is 0 Å². The molecule has 106 valence electrons. The van der Waals surface area contributed by atoms with Crippen LogP contribution in [-0.2, 0) is 0 Å². The minimum Gasteiger partial charge on any atom is -0.341 e. The first-order valence-corrected chi connectivity index (χ1v) is 6.90. The van der Waals surface area contributed by atoms with Crippen LogP contribution >= 0.6 is 0 Å². The Bertz CT molecular complexity index is 609. The number of hydrogen-bond acceptors (Lipinski definition) is 2. The summed E-state index contributed by atoms with van der Waals surface area (Å²) in [5.41, 5.74) is 1.31. The zero-order valence-electron chi connectivity index (χ0n) is 11.3. The molecule has 0 spiro atoms. The molecular formula is C15H17F2N3. The van der Waals surface area contributed by atoms with Gasteiger partial charge in [-0.2, -0.15) is 0 Å². The van der Waals surface area contributed by atoms with E-state index in [0.717, 1.165) is 18.3 Å². The van der Waals surface area contributed by atoms with Gasteiger partial charge in [0, 0.05) is 11.6 Å². The van der Waals surface area contributed by atoms with Crippen molar-refractivity contribution >= 4 is 0 Å². The van der Waals surface area contributed by atoms with E-state index < -0.39 is 11.6 Å². The first-order chi connectivity index (χ1) is 9.63. The van der Waals surface area contributed by atoms with E-state index in [9.17, 15) is 8.78 Å². The molecule has 1 saturated heterocycles. The minimum atomic E-state index is -0.844. The standard InChI is InChI=1S/C15H17F2N3/c1-9-3-2-4-13(19-9)15-18-8-14(20-15)10-5-6-11(16)12(17)7-10/h5-9,13,19H,2-4H2,1H3,(H,18,20). The van der Waals surface area contributed by atoms with Crippen molar-refractivity contribution in [2.75, 3.05) is 0 Å². The topological polar surface area (TPSA) is 40.7 Å². The average Bonchev–Trinajstić information content (AvgIpc) is 2.92. The monoisotopic (exact) mass is 277 g/mol. The number of H-pyrrole nitrogens is 1. The van der Waals surface area contributed by atoms with Crippen LogP contribution in [0.1, 0.15) is 38.1 Å². The van der Waals surface area contributed by atoms with Crippen molar-refractivity contribution in [1.82, 2.24) is 15.3 Å². The molecule has 2 unspecified atom stereocenters. The summed E-state index contributed by atoms with van der Waals surface area (Å²) in [6.45, 7) is 2.16. The highest BCUT2D eigenvalue weighted by Crippen LogP contribution is 2.26. The number of hydrogen-bond donors (Lipinski definition) is 2. The summed E-state index contributed by atoms with van der Waals surface area (Å²) in [4.78, 5) is 7.57. The number of benzene rings is 1. The molecule has 1 aliphatic rings. The lowest BCUT2D eigenvalue weighted by Gasteiger charge is -2.27. The van der Waals surface area contributed by atoms with Crippen LogP contribution in [0.5, 0.6) is 0 Å². The lowest BCUT2D eigenvalue weighted by molar-refractivity contribution is 0.332. The quantitative estimate of drug-likeness (QED) is 0.881. The van der Waals surface area contributed by atoms with Crippen molar-refractivity contribution in [3.05, 3.63) is 41.9 Å². The largest absolute Gasteiger partial charge is 0.341 e. The van der Waals surface area contributed by atoms with Crippen molar-refractivity contribution in [3.63, 3.8) is 0 Å². The summed E-state index contributed by atoms with van der Waals surface area (Å²) in [6, 6.07) is 4.55. The van der Waals surface area contributed by atoms with Gasteiger partial charge in [-0.1, -0.05) is 0 Å². The molecule has 0 aliphatic carbocycles. The predicted molar refractivity (Wildman–Crippen MR) is 73.1 cm³/mol. The Balaban J connectivity index is 1.84. The van der Waals surface area contributed by atoms with Gasteiger partial charge in [-0.05, 0) is 44.4 Å². The van der Waals surface area contributed by atoms with Crippen molar-refractivity contribution in [1.29, 1.82) is 0 Å². The van der Waals surface area contributed by atoms with Crippen LogP contribution in [-0.4, -0.2) is 16.0 Å². The van der Waals surface area contributed by atoms with Crippen molar-refractivity contribution in [2.24, 2.45) is 0 Å². The van der Waals surface area contributed by atoms with Crippen LogP contribution in [0, 0.1) is 11.6 Å². The van der Waals surface area contributed by atoms with Gasteiger partial charge in [0.1, 0.15) is 5.82 Å². The Morgan fingerprint density at radius 1 is 1.20 bits per heavy atom. The van der Waals surface area contributed by atoms with Crippen LogP contribution in [0.15, 0.2) is 24.4 Å². The zero-order valence-corrected chi connectivity index (χ0v) is 11.3. The van der Waals surface area contributed by atoms with Crippen molar-refractivity contribution in [2.45, 2.75) is 38.3 Å². The molecule has 0 bridgehead atoms. The highest BCUT2D eigenvalue weighted by atomic mass is 19.2. The van der Waals surface area contributed by atoms with Gasteiger partial charge in [-0.3, -0.25) is 0 Å². The van der Waals surface area contributed by atoms with Gasteiger partial charge in [-0.15, -0.1) is 0 Å². The minimum absolute atomic E-state index is 0.206. The van der Waals surface area contributed by atoms with Gasteiger partial charge in [-0.25, -0.2) is 13.8 Å². The summed E-state index contributed by atoms with van der Waals surface area (Å²) in [5.74, 6) is -0.824. The maximum Gasteiger partial charge on any atom is 0.159 e. The molecule has 1 aromatic carbocycles. The van der Waals surface area contributed by atoms with Crippen molar-refractivity contribution in [3.8, 4) is 11.3 Å². The van der Waals surface area contributed by atoms with E-state index in [0.29, 0.717) is 17.3 Å². The molecule has 2 N–H and O–H groups in total. The molecule has 2 heterocycles. The fraction of sp³-hybridized carbons (Fsp3) is 0.400. The third-order valence-electron chi connectivity index (χ3n) is 3.77. The SMILES string of the molecule is CC1CCCC(c2ncc(-c3ccc(F)c(F)c3)[nH]2)N1. The van der Waals surface area contributed by atoms with Gasteiger partial charge in [0.25, 0.3) is 0 Å². The van der Waals surface area contributed by atoms with E-state index >= 15 is 0 Å². The second kappa shape index (κ2) is 5.32. The van der Waals surface area contributed by atoms with Crippen LogP contribution in [0.2, 0.25) is 0 Å². The Morgan fingerprint density at radius 2 is 2.05 bits per heavy atom. The lowest BCUT2D eigenvalue weighted by atomic mass is 9.99. The first-order valence-electron chi connectivity index (χ1n) is 6.90. The molecule has 3 nitrogen and oxygen atoms in total. The molecule has 1 aromatic heterocycles. The number of nitrogens with one attached hydrogen (secondary N) is 2. The van der Waals surface area contributed by atoms with Crippen LogP contribution < -0.4 is 5.32 Å². The highest BCUT2D eigenvalue weighted by Gasteiger charge is 2.21. The Hall–Kier alpha value is -1.75. The average molecular weight is 277 g/mol. The molecule has 2 atom stereocenters. The number of halogens is 2. The molecule has 5 heteroatoms. The fourth-order valence-corrected chi connectivity index (χ4v) is 2.68. The van der Waals surface area contributed by atoms with E-state index in [1.807, 2.05) is 0 Å². The lowest BCUT2D eigenvalue weighted by Crippen LogP contribution is -2.35. The van der Waals surface area contributed by atoms with Gasteiger partial charge in [0.05, 0.1) is 17.9 Å². The molecule has 0 radical (unpaired) electrons. The van der Waals surface area contributed by atoms with E-state index in [4.69, 9.17) is 0 Å². The first kappa shape index (κ1) is 13.2. The molecule has 2 aromatic rings. The molecule has 0 saturated carbocycles. The summed E-state index contributed by atoms with van der Waals surface area (Å²) in [6.07, 6.45) is 5.05. The smallest absolute Gasteiger partial charge is 0.159 e. The molecule has 1 aliphatic heterocycles. The molecule has 20 heavy (non-hydrogen) atoms. The highest BCUT2D eigenvalue weighted by molar-refractivity contribution is 5.58. The number of imidazole rings is 1. The number of nitrogens with zero attached hydrogens (tertiary/aromatic N) is 1. The number of rotatable bonds is 2. The molecule has 3 rings (SSSR count). The molecule has 1 fully saturated rings. The number of aromatic amines is 1. The second-order valence-corrected chi connectivity index (χ2v) is 5.36. The van der Waals surface area contributed by atoms with Crippen LogP contribution in [0.4, 0.5) is 8.78 Å². The van der Waals surface area contributed by atoms with Crippen LogP contribution in [0.3, 0.4) is 0 Å². The maximum absolute atomic E-state index is 13.3. The van der Waals surface area contributed by atoms with Gasteiger partial charge in [0.15, 0.2) is 11.6 Å². The Labute approximate surface area is 116 Å².